The Labute approximate surface area is 105 Å². The van der Waals surface area contributed by atoms with Crippen LogP contribution in [0, 0.1) is 5.41 Å². The van der Waals surface area contributed by atoms with Gasteiger partial charge in [0.05, 0.1) is 0 Å². The summed E-state index contributed by atoms with van der Waals surface area (Å²) in [5.74, 6) is 2.62. The van der Waals surface area contributed by atoms with Crippen molar-refractivity contribution in [1.82, 2.24) is 9.55 Å². The van der Waals surface area contributed by atoms with Crippen LogP contribution in [0.5, 0.6) is 0 Å². The van der Waals surface area contributed by atoms with Gasteiger partial charge in [0.1, 0.15) is 5.82 Å². The van der Waals surface area contributed by atoms with Crippen molar-refractivity contribution in [2.45, 2.75) is 53.0 Å². The Kier molecular flexibility index (Phi) is 4.90. The van der Waals surface area contributed by atoms with Crippen LogP contribution in [0.1, 0.15) is 52.3 Å². The molecule has 0 aromatic carbocycles. The highest BCUT2D eigenvalue weighted by atomic mass is 32.1. The Morgan fingerprint density at radius 3 is 2.44 bits per heavy atom. The predicted molar refractivity (Wildman–Crippen MR) is 73.2 cm³/mol. The molecule has 1 heterocycles. The van der Waals surface area contributed by atoms with Crippen LogP contribution < -0.4 is 0 Å². The summed E-state index contributed by atoms with van der Waals surface area (Å²) in [6, 6.07) is 0. The zero-order chi connectivity index (χ0) is 12.2. The maximum absolute atomic E-state index is 4.52. The summed E-state index contributed by atoms with van der Waals surface area (Å²) < 4.78 is 2.30. The van der Waals surface area contributed by atoms with Gasteiger partial charge in [0, 0.05) is 24.9 Å². The first-order chi connectivity index (χ1) is 7.58. The molecular weight excluding hydrogens is 216 g/mol. The Bertz CT molecular complexity index is 305. The minimum absolute atomic E-state index is 0.313. The second-order valence-electron chi connectivity index (χ2n) is 4.93. The molecule has 1 aromatic rings. The minimum atomic E-state index is 0.313. The van der Waals surface area contributed by atoms with E-state index in [1.165, 1.54) is 18.7 Å². The fourth-order valence-corrected chi connectivity index (χ4v) is 2.61. The highest BCUT2D eigenvalue weighted by molar-refractivity contribution is 7.80. The van der Waals surface area contributed by atoms with Crippen LogP contribution in [0.2, 0.25) is 0 Å². The SMILES string of the molecule is CCC(CC)(CS)Cn1ccnc1C(C)C. The number of hydrogen-bond donors (Lipinski definition) is 1. The van der Waals surface area contributed by atoms with E-state index in [4.69, 9.17) is 0 Å². The van der Waals surface area contributed by atoms with Crippen LogP contribution in [0.15, 0.2) is 12.4 Å². The van der Waals surface area contributed by atoms with Gasteiger partial charge < -0.3 is 4.57 Å². The summed E-state index contributed by atoms with van der Waals surface area (Å²) in [4.78, 5) is 4.44. The summed E-state index contributed by atoms with van der Waals surface area (Å²) in [5, 5.41) is 0. The summed E-state index contributed by atoms with van der Waals surface area (Å²) in [7, 11) is 0. The van der Waals surface area contributed by atoms with Gasteiger partial charge in [0.25, 0.3) is 0 Å². The molecule has 0 saturated carbocycles. The van der Waals surface area contributed by atoms with E-state index in [0.717, 1.165) is 12.3 Å². The van der Waals surface area contributed by atoms with Crippen LogP contribution in [0.25, 0.3) is 0 Å². The van der Waals surface area contributed by atoms with Gasteiger partial charge in [0.2, 0.25) is 0 Å². The zero-order valence-electron chi connectivity index (χ0n) is 10.9. The highest BCUT2D eigenvalue weighted by Gasteiger charge is 2.26. The molecule has 2 nitrogen and oxygen atoms in total. The van der Waals surface area contributed by atoms with Gasteiger partial charge in [-0.25, -0.2) is 4.98 Å². The molecule has 1 rings (SSSR count). The first-order valence-electron chi connectivity index (χ1n) is 6.20. The van der Waals surface area contributed by atoms with Crippen LogP contribution in [-0.2, 0) is 6.54 Å². The zero-order valence-corrected chi connectivity index (χ0v) is 11.8. The first-order valence-corrected chi connectivity index (χ1v) is 6.83. The Balaban J connectivity index is 2.89. The Hall–Kier alpha value is -0.440. The number of rotatable bonds is 6. The van der Waals surface area contributed by atoms with E-state index in [1.54, 1.807) is 0 Å². The number of hydrogen-bond acceptors (Lipinski definition) is 2. The van der Waals surface area contributed by atoms with Crippen LogP contribution >= 0.6 is 12.6 Å². The first kappa shape index (κ1) is 13.6. The molecule has 0 unspecified atom stereocenters. The third kappa shape index (κ3) is 2.82. The normalized spacial score (nSPS) is 12.4. The van der Waals surface area contributed by atoms with Crippen LogP contribution in [0.4, 0.5) is 0 Å². The quantitative estimate of drug-likeness (QED) is 0.750. The average molecular weight is 240 g/mol. The van der Waals surface area contributed by atoms with E-state index in [2.05, 4.69) is 56.1 Å². The summed E-state index contributed by atoms with van der Waals surface area (Å²) in [5.41, 5.74) is 0.313. The van der Waals surface area contributed by atoms with E-state index >= 15 is 0 Å². The smallest absolute Gasteiger partial charge is 0.111 e. The Morgan fingerprint density at radius 2 is 2.00 bits per heavy atom. The molecule has 0 N–H and O–H groups in total. The van der Waals surface area contributed by atoms with E-state index in [-0.39, 0.29) is 0 Å². The van der Waals surface area contributed by atoms with E-state index in [9.17, 15) is 0 Å². The average Bonchev–Trinajstić information content (AvgIpc) is 2.74. The predicted octanol–water partition coefficient (Wildman–Crippen LogP) is 3.74. The molecule has 0 atom stereocenters. The molecule has 0 aliphatic heterocycles. The lowest BCUT2D eigenvalue weighted by Gasteiger charge is -2.31. The molecule has 1 aromatic heterocycles. The largest absolute Gasteiger partial charge is 0.334 e. The molecule has 0 amide bonds. The lowest BCUT2D eigenvalue weighted by atomic mass is 9.84. The van der Waals surface area contributed by atoms with Gasteiger partial charge in [-0.2, -0.15) is 12.6 Å². The van der Waals surface area contributed by atoms with E-state index in [1.807, 2.05) is 6.20 Å². The van der Waals surface area contributed by atoms with Crippen molar-refractivity contribution in [2.75, 3.05) is 5.75 Å². The maximum Gasteiger partial charge on any atom is 0.111 e. The van der Waals surface area contributed by atoms with Gasteiger partial charge in [-0.3, -0.25) is 0 Å². The van der Waals surface area contributed by atoms with E-state index in [0.29, 0.717) is 11.3 Å². The number of aromatic nitrogens is 2. The van der Waals surface area contributed by atoms with Gasteiger partial charge in [0.15, 0.2) is 0 Å². The van der Waals surface area contributed by atoms with Crippen LogP contribution in [-0.4, -0.2) is 15.3 Å². The Morgan fingerprint density at radius 1 is 1.38 bits per heavy atom. The second kappa shape index (κ2) is 5.76. The topological polar surface area (TPSA) is 17.8 Å². The van der Waals surface area contributed by atoms with Crippen molar-refractivity contribution in [2.24, 2.45) is 5.41 Å². The molecule has 0 radical (unpaired) electrons. The van der Waals surface area contributed by atoms with Gasteiger partial charge >= 0.3 is 0 Å². The molecule has 92 valence electrons. The minimum Gasteiger partial charge on any atom is -0.334 e. The fraction of sp³-hybridized carbons (Fsp3) is 0.769. The summed E-state index contributed by atoms with van der Waals surface area (Å²) in [6.45, 7) is 9.94. The monoisotopic (exact) mass is 240 g/mol. The van der Waals surface area contributed by atoms with E-state index < -0.39 is 0 Å². The fourth-order valence-electron chi connectivity index (χ4n) is 2.06. The molecule has 0 fully saturated rings. The maximum atomic E-state index is 4.52. The van der Waals surface area contributed by atoms with Crippen molar-refractivity contribution < 1.29 is 0 Å². The van der Waals surface area contributed by atoms with Gasteiger partial charge in [-0.15, -0.1) is 0 Å². The van der Waals surface area contributed by atoms with Gasteiger partial charge in [-0.05, 0) is 24.0 Å². The van der Waals surface area contributed by atoms with Crippen molar-refractivity contribution in [3.63, 3.8) is 0 Å². The van der Waals surface area contributed by atoms with Gasteiger partial charge in [-0.1, -0.05) is 27.7 Å². The number of nitrogens with zero attached hydrogens (tertiary/aromatic N) is 2. The standard InChI is InChI=1S/C13H24N2S/c1-5-13(6-2,10-16)9-15-8-7-14-12(15)11(3)4/h7-8,11,16H,5-6,9-10H2,1-4H3. The highest BCUT2D eigenvalue weighted by Crippen LogP contribution is 2.31. The third-order valence-electron chi connectivity index (χ3n) is 3.61. The number of imidazole rings is 1. The molecule has 0 saturated heterocycles. The molecule has 0 aliphatic carbocycles. The van der Waals surface area contributed by atoms with Crippen molar-refractivity contribution in [3.05, 3.63) is 18.2 Å². The summed E-state index contributed by atoms with van der Waals surface area (Å²) in [6.07, 6.45) is 6.34. The molecule has 0 bridgehead atoms. The molecule has 0 aliphatic rings. The second-order valence-corrected chi connectivity index (χ2v) is 5.25. The van der Waals surface area contributed by atoms with Crippen molar-refractivity contribution in [1.29, 1.82) is 0 Å². The molecule has 0 spiro atoms. The van der Waals surface area contributed by atoms with Crippen molar-refractivity contribution >= 4 is 12.6 Å². The number of thiol groups is 1. The lowest BCUT2D eigenvalue weighted by Crippen LogP contribution is -2.28. The molecule has 16 heavy (non-hydrogen) atoms. The summed E-state index contributed by atoms with van der Waals surface area (Å²) >= 11 is 4.52. The molecule has 3 heteroatoms. The third-order valence-corrected chi connectivity index (χ3v) is 4.28. The van der Waals surface area contributed by atoms with Crippen LogP contribution in [0.3, 0.4) is 0 Å². The lowest BCUT2D eigenvalue weighted by molar-refractivity contribution is 0.254. The van der Waals surface area contributed by atoms with Crippen molar-refractivity contribution in [3.8, 4) is 0 Å². The molecular formula is C13H24N2S.